The average molecular weight is 340 g/mol. The number of rotatable bonds is 3. The van der Waals surface area contributed by atoms with Gasteiger partial charge < -0.3 is 14.7 Å². The lowest BCUT2D eigenvalue weighted by Gasteiger charge is -2.31. The number of aliphatic carboxylic acids is 1. The highest BCUT2D eigenvalue weighted by atomic mass is 35.5. The van der Waals surface area contributed by atoms with E-state index >= 15 is 0 Å². The number of carboxylic acids is 1. The van der Waals surface area contributed by atoms with Crippen molar-refractivity contribution >= 4 is 23.7 Å². The SMILES string of the molecule is CC(C)(C)OC(=O)N1CCC[C@@H]1[C@@H](C(=O)O)c1ccc(Cl)cc1. The lowest BCUT2D eigenvalue weighted by Crippen LogP contribution is -2.44. The molecule has 1 fully saturated rings. The number of hydrogen-bond donors (Lipinski definition) is 1. The molecule has 2 rings (SSSR count). The van der Waals surface area contributed by atoms with Crippen molar-refractivity contribution in [3.05, 3.63) is 34.9 Å². The van der Waals surface area contributed by atoms with Crippen LogP contribution in [0.15, 0.2) is 24.3 Å². The number of ether oxygens (including phenoxy) is 1. The monoisotopic (exact) mass is 339 g/mol. The zero-order chi connectivity index (χ0) is 17.2. The highest BCUT2D eigenvalue weighted by Crippen LogP contribution is 2.33. The van der Waals surface area contributed by atoms with Crippen LogP contribution in [-0.4, -0.2) is 40.3 Å². The summed E-state index contributed by atoms with van der Waals surface area (Å²) in [6, 6.07) is 6.32. The van der Waals surface area contributed by atoms with Crippen LogP contribution in [0.4, 0.5) is 4.79 Å². The van der Waals surface area contributed by atoms with E-state index in [2.05, 4.69) is 0 Å². The average Bonchev–Trinajstić information content (AvgIpc) is 2.88. The molecule has 6 heteroatoms. The number of benzene rings is 1. The predicted molar refractivity (Wildman–Crippen MR) is 87.8 cm³/mol. The summed E-state index contributed by atoms with van der Waals surface area (Å²) in [5.41, 5.74) is 0.0332. The summed E-state index contributed by atoms with van der Waals surface area (Å²) < 4.78 is 5.41. The Kier molecular flexibility index (Phi) is 5.19. The minimum Gasteiger partial charge on any atom is -0.481 e. The number of carboxylic acid groups (broad SMARTS) is 1. The quantitative estimate of drug-likeness (QED) is 0.906. The van der Waals surface area contributed by atoms with Crippen LogP contribution in [0.3, 0.4) is 0 Å². The molecule has 1 aromatic rings. The van der Waals surface area contributed by atoms with Crippen molar-refractivity contribution in [1.29, 1.82) is 0 Å². The van der Waals surface area contributed by atoms with E-state index in [9.17, 15) is 14.7 Å². The molecular formula is C17H22ClNO4. The minimum absolute atomic E-state index is 0.413. The molecule has 0 aliphatic carbocycles. The lowest BCUT2D eigenvalue weighted by atomic mass is 9.90. The van der Waals surface area contributed by atoms with Crippen molar-refractivity contribution in [2.75, 3.05) is 6.54 Å². The molecule has 0 bridgehead atoms. The molecule has 1 amide bonds. The van der Waals surface area contributed by atoms with Gasteiger partial charge in [0.2, 0.25) is 0 Å². The zero-order valence-electron chi connectivity index (χ0n) is 13.6. The fourth-order valence-electron chi connectivity index (χ4n) is 2.89. The smallest absolute Gasteiger partial charge is 0.410 e. The highest BCUT2D eigenvalue weighted by Gasteiger charge is 2.40. The van der Waals surface area contributed by atoms with Crippen molar-refractivity contribution in [2.45, 2.75) is 51.2 Å². The van der Waals surface area contributed by atoms with E-state index in [0.717, 1.165) is 6.42 Å². The number of nitrogens with zero attached hydrogens (tertiary/aromatic N) is 1. The van der Waals surface area contributed by atoms with Gasteiger partial charge in [-0.25, -0.2) is 4.79 Å². The maximum atomic E-state index is 12.4. The second-order valence-electron chi connectivity index (χ2n) is 6.75. The van der Waals surface area contributed by atoms with E-state index < -0.39 is 29.6 Å². The van der Waals surface area contributed by atoms with Crippen molar-refractivity contribution in [1.82, 2.24) is 4.90 Å². The van der Waals surface area contributed by atoms with Crippen molar-refractivity contribution < 1.29 is 19.4 Å². The first-order valence-corrected chi connectivity index (χ1v) is 8.05. The molecular weight excluding hydrogens is 318 g/mol. The van der Waals surface area contributed by atoms with E-state index in [1.165, 1.54) is 0 Å². The van der Waals surface area contributed by atoms with Crippen LogP contribution in [0.5, 0.6) is 0 Å². The fourth-order valence-corrected chi connectivity index (χ4v) is 3.01. The number of likely N-dealkylation sites (tertiary alicyclic amines) is 1. The van der Waals surface area contributed by atoms with E-state index in [-0.39, 0.29) is 0 Å². The van der Waals surface area contributed by atoms with Gasteiger partial charge in [0.05, 0.1) is 6.04 Å². The van der Waals surface area contributed by atoms with E-state index in [0.29, 0.717) is 23.6 Å². The summed E-state index contributed by atoms with van der Waals surface area (Å²) in [6.07, 6.45) is 0.945. The van der Waals surface area contributed by atoms with Crippen molar-refractivity contribution in [3.8, 4) is 0 Å². The maximum Gasteiger partial charge on any atom is 0.410 e. The Labute approximate surface area is 141 Å². The van der Waals surface area contributed by atoms with Gasteiger partial charge in [-0.3, -0.25) is 4.79 Å². The van der Waals surface area contributed by atoms with Crippen LogP contribution in [0.25, 0.3) is 0 Å². The van der Waals surface area contributed by atoms with Gasteiger partial charge in [0.1, 0.15) is 11.5 Å². The number of carbonyl (C=O) groups excluding carboxylic acids is 1. The summed E-state index contributed by atoms with van der Waals surface area (Å²) in [4.78, 5) is 25.7. The van der Waals surface area contributed by atoms with Gasteiger partial charge in [-0.05, 0) is 51.3 Å². The molecule has 0 unspecified atom stereocenters. The largest absolute Gasteiger partial charge is 0.481 e. The molecule has 0 radical (unpaired) electrons. The predicted octanol–water partition coefficient (Wildman–Crippen LogP) is 3.91. The Hall–Kier alpha value is -1.75. The summed E-state index contributed by atoms with van der Waals surface area (Å²) >= 11 is 5.88. The van der Waals surface area contributed by atoms with E-state index in [1.807, 2.05) is 0 Å². The lowest BCUT2D eigenvalue weighted by molar-refractivity contribution is -0.140. The molecule has 1 heterocycles. The first-order chi connectivity index (χ1) is 10.7. The van der Waals surface area contributed by atoms with Crippen LogP contribution < -0.4 is 0 Å². The number of carbonyl (C=O) groups is 2. The molecule has 126 valence electrons. The minimum atomic E-state index is -0.951. The standard InChI is InChI=1S/C17H22ClNO4/c1-17(2,3)23-16(22)19-10-4-5-13(19)14(15(20)21)11-6-8-12(18)9-7-11/h6-9,13-14H,4-5,10H2,1-3H3,(H,20,21)/t13-,14+/m1/s1. The zero-order valence-corrected chi connectivity index (χ0v) is 14.3. The van der Waals surface area contributed by atoms with Crippen LogP contribution in [0.2, 0.25) is 5.02 Å². The van der Waals surface area contributed by atoms with E-state index in [1.54, 1.807) is 49.9 Å². The fraction of sp³-hybridized carbons (Fsp3) is 0.529. The van der Waals surface area contributed by atoms with Gasteiger partial charge >= 0.3 is 12.1 Å². The third kappa shape index (κ3) is 4.38. The third-order valence-corrected chi connectivity index (χ3v) is 4.06. The van der Waals surface area contributed by atoms with Gasteiger partial charge in [0.15, 0.2) is 0 Å². The summed E-state index contributed by atoms with van der Waals surface area (Å²) in [5.74, 6) is -1.74. The van der Waals surface area contributed by atoms with Gasteiger partial charge in [-0.15, -0.1) is 0 Å². The van der Waals surface area contributed by atoms with Crippen LogP contribution in [0, 0.1) is 0 Å². The van der Waals surface area contributed by atoms with Crippen LogP contribution in [0.1, 0.15) is 45.1 Å². The Bertz CT molecular complexity index is 579. The molecule has 0 aromatic heterocycles. The molecule has 1 aliphatic rings. The molecule has 5 nitrogen and oxygen atoms in total. The molecule has 1 N–H and O–H groups in total. The van der Waals surface area contributed by atoms with Crippen molar-refractivity contribution in [2.24, 2.45) is 0 Å². The van der Waals surface area contributed by atoms with Crippen molar-refractivity contribution in [3.63, 3.8) is 0 Å². The Morgan fingerprint density at radius 3 is 2.43 bits per heavy atom. The number of hydrogen-bond acceptors (Lipinski definition) is 3. The first kappa shape index (κ1) is 17.6. The summed E-state index contributed by atoms with van der Waals surface area (Å²) in [6.45, 7) is 5.90. The second-order valence-corrected chi connectivity index (χ2v) is 7.19. The molecule has 2 atom stereocenters. The molecule has 23 heavy (non-hydrogen) atoms. The Balaban J connectivity index is 2.26. The summed E-state index contributed by atoms with van der Waals surface area (Å²) in [5, 5.41) is 10.2. The summed E-state index contributed by atoms with van der Waals surface area (Å²) in [7, 11) is 0. The Morgan fingerprint density at radius 2 is 1.91 bits per heavy atom. The van der Waals surface area contributed by atoms with Crippen LogP contribution >= 0.6 is 11.6 Å². The molecule has 0 saturated carbocycles. The van der Waals surface area contributed by atoms with Gasteiger partial charge in [-0.2, -0.15) is 0 Å². The molecule has 1 aromatic carbocycles. The van der Waals surface area contributed by atoms with E-state index in [4.69, 9.17) is 16.3 Å². The molecule has 0 spiro atoms. The molecule has 1 saturated heterocycles. The second kappa shape index (κ2) is 6.79. The van der Waals surface area contributed by atoms with Gasteiger partial charge in [0.25, 0.3) is 0 Å². The van der Waals surface area contributed by atoms with Crippen LogP contribution in [-0.2, 0) is 9.53 Å². The topological polar surface area (TPSA) is 66.8 Å². The maximum absolute atomic E-state index is 12.4. The van der Waals surface area contributed by atoms with Gasteiger partial charge in [-0.1, -0.05) is 23.7 Å². The Morgan fingerprint density at radius 1 is 1.30 bits per heavy atom. The highest BCUT2D eigenvalue weighted by molar-refractivity contribution is 6.30. The third-order valence-electron chi connectivity index (χ3n) is 3.81. The number of halogens is 1. The molecule has 1 aliphatic heterocycles. The normalized spacial score (nSPS) is 19.5. The van der Waals surface area contributed by atoms with Gasteiger partial charge in [0, 0.05) is 11.6 Å². The first-order valence-electron chi connectivity index (χ1n) is 7.67. The number of amides is 1.